The highest BCUT2D eigenvalue weighted by atomic mass is 35.5. The van der Waals surface area contributed by atoms with Gasteiger partial charge in [-0.05, 0) is 18.6 Å². The second-order valence-electron chi connectivity index (χ2n) is 4.05. The third kappa shape index (κ3) is 3.53. The molecule has 0 amide bonds. The summed E-state index contributed by atoms with van der Waals surface area (Å²) in [6, 6.07) is 1.43. The molecule has 2 aromatic heterocycles. The zero-order chi connectivity index (χ0) is 14.8. The van der Waals surface area contributed by atoms with Crippen molar-refractivity contribution >= 4 is 33.0 Å². The summed E-state index contributed by atoms with van der Waals surface area (Å²) in [7, 11) is -3.73. The Morgan fingerprint density at radius 1 is 1.50 bits per heavy atom. The van der Waals surface area contributed by atoms with E-state index in [0.717, 1.165) is 0 Å². The van der Waals surface area contributed by atoms with Crippen molar-refractivity contribution < 1.29 is 13.5 Å². The van der Waals surface area contributed by atoms with Crippen LogP contribution in [-0.2, 0) is 10.0 Å². The van der Waals surface area contributed by atoms with Gasteiger partial charge in [-0.15, -0.1) is 11.3 Å². The van der Waals surface area contributed by atoms with E-state index in [-0.39, 0.29) is 16.6 Å². The van der Waals surface area contributed by atoms with E-state index >= 15 is 0 Å². The summed E-state index contributed by atoms with van der Waals surface area (Å²) >= 11 is 7.01. The molecule has 0 spiro atoms. The number of rotatable bonds is 5. The summed E-state index contributed by atoms with van der Waals surface area (Å²) < 4.78 is 26.4. The third-order valence-corrected chi connectivity index (χ3v) is 5.21. The fourth-order valence-corrected chi connectivity index (χ4v) is 3.22. The van der Waals surface area contributed by atoms with Crippen molar-refractivity contribution in [2.45, 2.75) is 17.9 Å². The Kier molecular flexibility index (Phi) is 4.71. The summed E-state index contributed by atoms with van der Waals surface area (Å²) in [6.07, 6.45) is 1.74. The Morgan fingerprint density at radius 2 is 2.25 bits per heavy atom. The molecule has 2 heterocycles. The van der Waals surface area contributed by atoms with Crippen LogP contribution in [-0.4, -0.2) is 30.0 Å². The lowest BCUT2D eigenvalue weighted by Gasteiger charge is -2.11. The standard InChI is InChI=1S/C11H12ClN3O3S2/c1-7-2-8(3-14-11(7)12)20(17,18)15-4-9(16)10-5-13-6-19-10/h2-3,5-6,9,15-16H,4H2,1H3. The predicted octanol–water partition coefficient (Wildman–Crippen LogP) is 1.51. The fraction of sp³-hybridized carbons (Fsp3) is 0.273. The van der Waals surface area contributed by atoms with Crippen molar-refractivity contribution in [1.29, 1.82) is 0 Å². The largest absolute Gasteiger partial charge is 0.386 e. The number of aromatic nitrogens is 2. The van der Waals surface area contributed by atoms with Crippen LogP contribution in [0.1, 0.15) is 16.5 Å². The molecule has 0 saturated heterocycles. The van der Waals surface area contributed by atoms with Crippen LogP contribution in [0.2, 0.25) is 5.15 Å². The molecule has 0 radical (unpaired) electrons. The Labute approximate surface area is 125 Å². The average Bonchev–Trinajstić information content (AvgIpc) is 2.93. The van der Waals surface area contributed by atoms with Crippen LogP contribution >= 0.6 is 22.9 Å². The number of aliphatic hydroxyl groups is 1. The zero-order valence-corrected chi connectivity index (χ0v) is 12.8. The Balaban J connectivity index is 2.09. The van der Waals surface area contributed by atoms with Gasteiger partial charge in [0.1, 0.15) is 16.2 Å². The highest BCUT2D eigenvalue weighted by Gasteiger charge is 2.18. The minimum Gasteiger partial charge on any atom is -0.386 e. The fourth-order valence-electron chi connectivity index (χ4n) is 1.44. The van der Waals surface area contributed by atoms with Crippen LogP contribution in [0, 0.1) is 6.92 Å². The van der Waals surface area contributed by atoms with Gasteiger partial charge >= 0.3 is 0 Å². The monoisotopic (exact) mass is 333 g/mol. The van der Waals surface area contributed by atoms with Crippen molar-refractivity contribution in [1.82, 2.24) is 14.7 Å². The second kappa shape index (κ2) is 6.15. The van der Waals surface area contributed by atoms with Gasteiger partial charge in [-0.1, -0.05) is 11.6 Å². The van der Waals surface area contributed by atoms with Crippen molar-refractivity contribution in [2.75, 3.05) is 6.54 Å². The predicted molar refractivity (Wildman–Crippen MR) is 76.2 cm³/mol. The molecule has 1 unspecified atom stereocenters. The molecule has 0 fully saturated rings. The molecule has 0 aliphatic heterocycles. The van der Waals surface area contributed by atoms with E-state index < -0.39 is 16.1 Å². The van der Waals surface area contributed by atoms with Gasteiger partial charge in [-0.25, -0.2) is 18.1 Å². The minimum absolute atomic E-state index is 0.0101. The van der Waals surface area contributed by atoms with Gasteiger partial charge < -0.3 is 5.11 Å². The number of thiazole rings is 1. The Hall–Kier alpha value is -1.06. The minimum atomic E-state index is -3.73. The number of pyridine rings is 1. The van der Waals surface area contributed by atoms with Gasteiger partial charge in [0.05, 0.1) is 10.4 Å². The highest BCUT2D eigenvalue weighted by molar-refractivity contribution is 7.89. The van der Waals surface area contributed by atoms with Gasteiger partial charge in [0.2, 0.25) is 10.0 Å². The molecule has 2 rings (SSSR count). The molecule has 2 N–H and O–H groups in total. The first kappa shape index (κ1) is 15.3. The normalized spacial score (nSPS) is 13.3. The van der Waals surface area contributed by atoms with Crippen LogP contribution < -0.4 is 4.72 Å². The summed E-state index contributed by atoms with van der Waals surface area (Å²) in [5, 5.41) is 10.1. The summed E-state index contributed by atoms with van der Waals surface area (Å²) in [5.41, 5.74) is 2.14. The number of aliphatic hydroxyl groups excluding tert-OH is 1. The first-order chi connectivity index (χ1) is 9.40. The van der Waals surface area contributed by atoms with Crippen LogP contribution in [0.3, 0.4) is 0 Å². The van der Waals surface area contributed by atoms with Crippen LogP contribution in [0.4, 0.5) is 0 Å². The first-order valence-corrected chi connectivity index (χ1v) is 8.32. The van der Waals surface area contributed by atoms with Crippen molar-refractivity contribution in [2.24, 2.45) is 0 Å². The number of hydrogen-bond donors (Lipinski definition) is 2. The van der Waals surface area contributed by atoms with E-state index in [9.17, 15) is 13.5 Å². The topological polar surface area (TPSA) is 92.2 Å². The van der Waals surface area contributed by atoms with E-state index in [0.29, 0.717) is 10.4 Å². The maximum Gasteiger partial charge on any atom is 0.242 e. The summed E-state index contributed by atoms with van der Waals surface area (Å²) in [6.45, 7) is 1.53. The number of halogens is 1. The quantitative estimate of drug-likeness (QED) is 0.809. The molecule has 9 heteroatoms. The second-order valence-corrected chi connectivity index (χ2v) is 7.09. The zero-order valence-electron chi connectivity index (χ0n) is 10.4. The summed E-state index contributed by atoms with van der Waals surface area (Å²) in [4.78, 5) is 8.23. The maximum absolute atomic E-state index is 12.1. The van der Waals surface area contributed by atoms with Crippen LogP contribution in [0.15, 0.2) is 28.9 Å². The van der Waals surface area contributed by atoms with Gasteiger partial charge in [-0.3, -0.25) is 4.98 Å². The average molecular weight is 334 g/mol. The lowest BCUT2D eigenvalue weighted by molar-refractivity contribution is 0.185. The van der Waals surface area contributed by atoms with E-state index in [2.05, 4.69) is 14.7 Å². The van der Waals surface area contributed by atoms with Gasteiger partial charge in [0.25, 0.3) is 0 Å². The molecule has 0 bridgehead atoms. The molecular formula is C11H12ClN3O3S2. The van der Waals surface area contributed by atoms with Gasteiger partial charge in [0.15, 0.2) is 0 Å². The van der Waals surface area contributed by atoms with Crippen molar-refractivity contribution in [3.05, 3.63) is 39.6 Å². The Morgan fingerprint density at radius 3 is 2.85 bits per heavy atom. The smallest absolute Gasteiger partial charge is 0.242 e. The number of hydrogen-bond acceptors (Lipinski definition) is 6. The first-order valence-electron chi connectivity index (χ1n) is 5.58. The lowest BCUT2D eigenvalue weighted by atomic mass is 10.3. The number of aryl methyl sites for hydroxylation is 1. The van der Waals surface area contributed by atoms with Crippen molar-refractivity contribution in [3.8, 4) is 0 Å². The van der Waals surface area contributed by atoms with Crippen LogP contribution in [0.25, 0.3) is 0 Å². The molecule has 108 valence electrons. The van der Waals surface area contributed by atoms with E-state index in [1.807, 2.05) is 0 Å². The molecule has 6 nitrogen and oxygen atoms in total. The van der Waals surface area contributed by atoms with Crippen LogP contribution in [0.5, 0.6) is 0 Å². The van der Waals surface area contributed by atoms with E-state index in [1.54, 1.807) is 12.4 Å². The summed E-state index contributed by atoms with van der Waals surface area (Å²) in [5.74, 6) is 0. The van der Waals surface area contributed by atoms with Gasteiger partial charge in [-0.2, -0.15) is 0 Å². The third-order valence-electron chi connectivity index (χ3n) is 2.55. The van der Waals surface area contributed by atoms with Gasteiger partial charge in [0, 0.05) is 18.9 Å². The van der Waals surface area contributed by atoms with E-state index in [1.165, 1.54) is 29.8 Å². The van der Waals surface area contributed by atoms with E-state index in [4.69, 9.17) is 11.6 Å². The number of nitrogens with one attached hydrogen (secondary N) is 1. The molecule has 0 aliphatic carbocycles. The van der Waals surface area contributed by atoms with Crippen molar-refractivity contribution in [3.63, 3.8) is 0 Å². The lowest BCUT2D eigenvalue weighted by Crippen LogP contribution is -2.28. The molecule has 0 aromatic carbocycles. The maximum atomic E-state index is 12.1. The molecule has 20 heavy (non-hydrogen) atoms. The highest BCUT2D eigenvalue weighted by Crippen LogP contribution is 2.18. The molecule has 0 aliphatic rings. The molecular weight excluding hydrogens is 322 g/mol. The number of nitrogens with zero attached hydrogens (tertiary/aromatic N) is 2. The SMILES string of the molecule is Cc1cc(S(=O)(=O)NCC(O)c2cncs2)cnc1Cl. The molecule has 0 saturated carbocycles. The Bertz CT molecular complexity index is 689. The molecule has 2 aromatic rings. The number of sulfonamides is 1. The molecule has 1 atom stereocenters.